The zero-order valence-corrected chi connectivity index (χ0v) is 12.1. The SMILES string of the molecule is CCC(CC)C(=O)NC1CCCCCC1Br. The first-order valence-electron chi connectivity index (χ1n) is 6.63. The first kappa shape index (κ1) is 14.0. The minimum atomic E-state index is 0.197. The van der Waals surface area contributed by atoms with E-state index in [2.05, 4.69) is 35.1 Å². The van der Waals surface area contributed by atoms with Gasteiger partial charge in [0.25, 0.3) is 0 Å². The highest BCUT2D eigenvalue weighted by Gasteiger charge is 2.24. The highest BCUT2D eigenvalue weighted by atomic mass is 79.9. The highest BCUT2D eigenvalue weighted by Crippen LogP contribution is 2.24. The van der Waals surface area contributed by atoms with Gasteiger partial charge in [0.1, 0.15) is 0 Å². The molecule has 1 amide bonds. The van der Waals surface area contributed by atoms with E-state index in [-0.39, 0.29) is 11.8 Å². The Morgan fingerprint density at radius 2 is 1.88 bits per heavy atom. The quantitative estimate of drug-likeness (QED) is 0.621. The molecule has 1 saturated carbocycles. The molecule has 1 rings (SSSR count). The molecule has 0 aromatic heterocycles. The highest BCUT2D eigenvalue weighted by molar-refractivity contribution is 9.09. The van der Waals surface area contributed by atoms with Gasteiger partial charge in [-0.1, -0.05) is 49.0 Å². The molecule has 0 aromatic rings. The number of rotatable bonds is 4. The second-order valence-corrected chi connectivity index (χ2v) is 5.96. The molecule has 1 aliphatic carbocycles. The number of alkyl halides is 1. The Bertz CT molecular complexity index is 216. The summed E-state index contributed by atoms with van der Waals surface area (Å²) in [6.07, 6.45) is 8.04. The molecule has 3 heteroatoms. The smallest absolute Gasteiger partial charge is 0.223 e. The third-order valence-electron chi connectivity index (χ3n) is 3.62. The molecule has 0 saturated heterocycles. The maximum atomic E-state index is 12.0. The summed E-state index contributed by atoms with van der Waals surface area (Å²) in [5.74, 6) is 0.448. The molecule has 1 N–H and O–H groups in total. The Kier molecular flexibility index (Phi) is 6.40. The minimum Gasteiger partial charge on any atom is -0.352 e. The lowest BCUT2D eigenvalue weighted by Gasteiger charge is -2.24. The predicted octanol–water partition coefficient (Wildman–Crippen LogP) is 3.64. The molecular weight excluding hydrogens is 266 g/mol. The van der Waals surface area contributed by atoms with Crippen molar-refractivity contribution >= 4 is 21.8 Å². The van der Waals surface area contributed by atoms with Crippen LogP contribution in [0.4, 0.5) is 0 Å². The molecule has 0 heterocycles. The predicted molar refractivity (Wildman–Crippen MR) is 71.8 cm³/mol. The summed E-state index contributed by atoms with van der Waals surface area (Å²) in [4.78, 5) is 12.5. The van der Waals surface area contributed by atoms with Gasteiger partial charge in [0, 0.05) is 16.8 Å². The second kappa shape index (κ2) is 7.31. The molecule has 1 fully saturated rings. The second-order valence-electron chi connectivity index (χ2n) is 4.78. The normalized spacial score (nSPS) is 26.5. The van der Waals surface area contributed by atoms with Crippen LogP contribution in [0.15, 0.2) is 0 Å². The van der Waals surface area contributed by atoms with Crippen molar-refractivity contribution in [3.63, 3.8) is 0 Å². The van der Waals surface area contributed by atoms with Gasteiger partial charge in [-0.2, -0.15) is 0 Å². The van der Waals surface area contributed by atoms with Gasteiger partial charge in [0.15, 0.2) is 0 Å². The van der Waals surface area contributed by atoms with Crippen LogP contribution in [-0.4, -0.2) is 16.8 Å². The molecule has 0 aliphatic heterocycles. The van der Waals surface area contributed by atoms with Crippen LogP contribution < -0.4 is 5.32 Å². The van der Waals surface area contributed by atoms with Crippen LogP contribution >= 0.6 is 15.9 Å². The van der Waals surface area contributed by atoms with Crippen LogP contribution in [0.3, 0.4) is 0 Å². The van der Waals surface area contributed by atoms with Gasteiger partial charge in [-0.05, 0) is 25.7 Å². The minimum absolute atomic E-state index is 0.197. The first-order valence-corrected chi connectivity index (χ1v) is 7.55. The van der Waals surface area contributed by atoms with E-state index in [1.165, 1.54) is 25.7 Å². The lowest BCUT2D eigenvalue weighted by Crippen LogP contribution is -2.43. The molecule has 0 radical (unpaired) electrons. The van der Waals surface area contributed by atoms with E-state index in [9.17, 15) is 4.79 Å². The molecule has 0 bridgehead atoms. The molecule has 16 heavy (non-hydrogen) atoms. The largest absolute Gasteiger partial charge is 0.352 e. The third kappa shape index (κ3) is 4.08. The van der Waals surface area contributed by atoms with Crippen molar-refractivity contribution in [1.82, 2.24) is 5.32 Å². The fourth-order valence-corrected chi connectivity index (χ4v) is 3.11. The van der Waals surface area contributed by atoms with Crippen LogP contribution in [0.1, 0.15) is 58.8 Å². The lowest BCUT2D eigenvalue weighted by atomic mass is 10.0. The van der Waals surface area contributed by atoms with Crippen LogP contribution in [0, 0.1) is 5.92 Å². The van der Waals surface area contributed by atoms with Crippen molar-refractivity contribution in [3.05, 3.63) is 0 Å². The zero-order chi connectivity index (χ0) is 12.0. The van der Waals surface area contributed by atoms with Gasteiger partial charge in [-0.3, -0.25) is 4.79 Å². The Labute approximate surface area is 108 Å². The number of carbonyl (C=O) groups is 1. The standard InChI is InChI=1S/C13H24BrNO/c1-3-10(4-2)13(16)15-12-9-7-5-6-8-11(12)14/h10-12H,3-9H2,1-2H3,(H,15,16). The van der Waals surface area contributed by atoms with Crippen LogP contribution in [0.25, 0.3) is 0 Å². The topological polar surface area (TPSA) is 29.1 Å². The Morgan fingerprint density at radius 3 is 2.50 bits per heavy atom. The summed E-state index contributed by atoms with van der Waals surface area (Å²) >= 11 is 3.71. The summed E-state index contributed by atoms with van der Waals surface area (Å²) in [7, 11) is 0. The molecule has 2 unspecified atom stereocenters. The van der Waals surface area contributed by atoms with Crippen molar-refractivity contribution in [2.45, 2.75) is 69.7 Å². The summed E-state index contributed by atoms with van der Waals surface area (Å²) in [6.45, 7) is 4.18. The van der Waals surface area contributed by atoms with Crippen molar-refractivity contribution < 1.29 is 4.79 Å². The number of hydrogen-bond acceptors (Lipinski definition) is 1. The van der Waals surface area contributed by atoms with E-state index in [0.29, 0.717) is 10.9 Å². The van der Waals surface area contributed by atoms with Crippen molar-refractivity contribution in [1.29, 1.82) is 0 Å². The summed E-state index contributed by atoms with van der Waals surface area (Å²) in [5, 5.41) is 3.22. The molecule has 2 nitrogen and oxygen atoms in total. The van der Waals surface area contributed by atoms with Crippen LogP contribution in [-0.2, 0) is 4.79 Å². The molecule has 0 aromatic carbocycles. The van der Waals surface area contributed by atoms with Gasteiger partial charge in [0.05, 0.1) is 0 Å². The summed E-state index contributed by atoms with van der Waals surface area (Å²) in [6, 6.07) is 0.343. The Hall–Kier alpha value is -0.0500. The van der Waals surface area contributed by atoms with E-state index in [4.69, 9.17) is 0 Å². The molecule has 94 valence electrons. The molecule has 2 atom stereocenters. The Balaban J connectivity index is 2.47. The number of hydrogen-bond donors (Lipinski definition) is 1. The fraction of sp³-hybridized carbons (Fsp3) is 0.923. The van der Waals surface area contributed by atoms with Gasteiger partial charge in [-0.15, -0.1) is 0 Å². The Morgan fingerprint density at radius 1 is 1.25 bits per heavy atom. The summed E-state index contributed by atoms with van der Waals surface area (Å²) < 4.78 is 0. The van der Waals surface area contributed by atoms with E-state index in [0.717, 1.165) is 19.3 Å². The average Bonchev–Trinajstić information content (AvgIpc) is 2.46. The molecular formula is C13H24BrNO. The first-order chi connectivity index (χ1) is 7.69. The number of halogens is 1. The zero-order valence-electron chi connectivity index (χ0n) is 10.5. The monoisotopic (exact) mass is 289 g/mol. The van der Waals surface area contributed by atoms with Gasteiger partial charge in [-0.25, -0.2) is 0 Å². The molecule has 0 spiro atoms. The number of carbonyl (C=O) groups excluding carboxylic acids is 1. The summed E-state index contributed by atoms with van der Waals surface area (Å²) in [5.41, 5.74) is 0. The van der Waals surface area contributed by atoms with Crippen molar-refractivity contribution in [3.8, 4) is 0 Å². The van der Waals surface area contributed by atoms with Gasteiger partial charge >= 0.3 is 0 Å². The molecule has 1 aliphatic rings. The van der Waals surface area contributed by atoms with Crippen molar-refractivity contribution in [2.24, 2.45) is 5.92 Å². The maximum Gasteiger partial charge on any atom is 0.223 e. The van der Waals surface area contributed by atoms with E-state index in [1.807, 2.05) is 0 Å². The number of amides is 1. The average molecular weight is 290 g/mol. The lowest BCUT2D eigenvalue weighted by molar-refractivity contribution is -0.125. The van der Waals surface area contributed by atoms with E-state index in [1.54, 1.807) is 0 Å². The number of nitrogens with one attached hydrogen (secondary N) is 1. The van der Waals surface area contributed by atoms with Gasteiger partial charge < -0.3 is 5.32 Å². The van der Waals surface area contributed by atoms with Gasteiger partial charge in [0.2, 0.25) is 5.91 Å². The van der Waals surface area contributed by atoms with Crippen molar-refractivity contribution in [2.75, 3.05) is 0 Å². The fourth-order valence-electron chi connectivity index (χ4n) is 2.39. The maximum absolute atomic E-state index is 12.0. The van der Waals surface area contributed by atoms with Crippen LogP contribution in [0.2, 0.25) is 0 Å². The van der Waals surface area contributed by atoms with Crippen LogP contribution in [0.5, 0.6) is 0 Å². The third-order valence-corrected chi connectivity index (χ3v) is 4.71. The van der Waals surface area contributed by atoms with E-state index < -0.39 is 0 Å². The van der Waals surface area contributed by atoms with E-state index >= 15 is 0 Å².